The van der Waals surface area contributed by atoms with Gasteiger partial charge in [-0.1, -0.05) is 6.92 Å². The van der Waals surface area contributed by atoms with Crippen LogP contribution in [0.2, 0.25) is 0 Å². The van der Waals surface area contributed by atoms with Crippen LogP contribution in [0.15, 0.2) is 0 Å². The molecule has 2 nitrogen and oxygen atoms in total. The summed E-state index contributed by atoms with van der Waals surface area (Å²) in [6.45, 7) is 4.54. The van der Waals surface area contributed by atoms with Crippen LogP contribution in [0.25, 0.3) is 0 Å². The molecule has 2 aliphatic heterocycles. The molecule has 2 rings (SSSR count). The van der Waals surface area contributed by atoms with E-state index in [4.69, 9.17) is 0 Å². The minimum atomic E-state index is -0.0255. The van der Waals surface area contributed by atoms with Gasteiger partial charge in [0.05, 0.1) is 6.10 Å². The van der Waals surface area contributed by atoms with E-state index in [-0.39, 0.29) is 6.10 Å². The van der Waals surface area contributed by atoms with Gasteiger partial charge in [0.2, 0.25) is 0 Å². The number of hydrogen-bond acceptors (Lipinski definition) is 2. The van der Waals surface area contributed by atoms with Crippen LogP contribution in [-0.4, -0.2) is 35.2 Å². The molecule has 0 aliphatic carbocycles. The molecule has 2 heteroatoms. The summed E-state index contributed by atoms with van der Waals surface area (Å²) in [5.41, 5.74) is 0. The Balaban J connectivity index is 2.10. The second kappa shape index (κ2) is 2.76. The zero-order valence-corrected chi connectivity index (χ0v) is 7.16. The van der Waals surface area contributed by atoms with Crippen LogP contribution in [0.5, 0.6) is 0 Å². The number of aliphatic hydroxyl groups is 1. The lowest BCUT2D eigenvalue weighted by atomic mass is 9.96. The standard InChI is InChI=1S/C9H17NO/c1-2-8-9(11)7-4-3-5-10(8)6-7/h7-9,11H,2-6H2,1H3. The Bertz CT molecular complexity index is 146. The van der Waals surface area contributed by atoms with Crippen molar-refractivity contribution in [2.75, 3.05) is 13.1 Å². The van der Waals surface area contributed by atoms with Crippen molar-refractivity contribution >= 4 is 0 Å². The summed E-state index contributed by atoms with van der Waals surface area (Å²) in [6.07, 6.45) is 3.62. The van der Waals surface area contributed by atoms with Gasteiger partial charge in [-0.05, 0) is 31.7 Å². The third kappa shape index (κ3) is 1.09. The van der Waals surface area contributed by atoms with Crippen molar-refractivity contribution in [2.24, 2.45) is 5.92 Å². The van der Waals surface area contributed by atoms with Crippen LogP contribution in [0, 0.1) is 5.92 Å². The van der Waals surface area contributed by atoms with Crippen molar-refractivity contribution < 1.29 is 5.11 Å². The summed E-state index contributed by atoms with van der Waals surface area (Å²) < 4.78 is 0. The molecule has 2 fully saturated rings. The first-order valence-electron chi connectivity index (χ1n) is 4.75. The fraction of sp³-hybridized carbons (Fsp3) is 1.00. The molecule has 4 unspecified atom stereocenters. The van der Waals surface area contributed by atoms with Gasteiger partial charge >= 0.3 is 0 Å². The Kier molecular flexibility index (Phi) is 1.90. The fourth-order valence-electron chi connectivity index (χ4n) is 2.65. The Morgan fingerprint density at radius 1 is 1.55 bits per heavy atom. The van der Waals surface area contributed by atoms with Gasteiger partial charge in [-0.15, -0.1) is 0 Å². The van der Waals surface area contributed by atoms with E-state index in [1.54, 1.807) is 0 Å². The molecule has 0 radical (unpaired) electrons. The van der Waals surface area contributed by atoms with Gasteiger partial charge in [0.15, 0.2) is 0 Å². The van der Waals surface area contributed by atoms with Gasteiger partial charge in [-0.3, -0.25) is 4.90 Å². The molecular weight excluding hydrogens is 138 g/mol. The van der Waals surface area contributed by atoms with Crippen molar-refractivity contribution in [2.45, 2.75) is 38.3 Å². The highest BCUT2D eigenvalue weighted by Crippen LogP contribution is 2.33. The number of piperidine rings is 1. The topological polar surface area (TPSA) is 23.5 Å². The molecule has 64 valence electrons. The first-order valence-corrected chi connectivity index (χ1v) is 4.75. The highest BCUT2D eigenvalue weighted by atomic mass is 16.3. The number of hydrogen-bond donors (Lipinski definition) is 1. The van der Waals surface area contributed by atoms with Crippen molar-refractivity contribution in [3.63, 3.8) is 0 Å². The van der Waals surface area contributed by atoms with E-state index < -0.39 is 0 Å². The number of rotatable bonds is 1. The van der Waals surface area contributed by atoms with E-state index >= 15 is 0 Å². The smallest absolute Gasteiger partial charge is 0.0735 e. The van der Waals surface area contributed by atoms with Crippen LogP contribution in [0.1, 0.15) is 26.2 Å². The zero-order valence-electron chi connectivity index (χ0n) is 7.16. The maximum absolute atomic E-state index is 9.82. The lowest BCUT2D eigenvalue weighted by Crippen LogP contribution is -2.34. The summed E-state index contributed by atoms with van der Waals surface area (Å²) in [5.74, 6) is 0.591. The molecule has 0 spiro atoms. The number of aliphatic hydroxyl groups excluding tert-OH is 1. The van der Waals surface area contributed by atoms with Gasteiger partial charge < -0.3 is 5.11 Å². The molecule has 4 atom stereocenters. The van der Waals surface area contributed by atoms with Crippen molar-refractivity contribution in [1.82, 2.24) is 4.90 Å². The molecule has 11 heavy (non-hydrogen) atoms. The Morgan fingerprint density at radius 3 is 3.00 bits per heavy atom. The van der Waals surface area contributed by atoms with E-state index in [1.165, 1.54) is 19.4 Å². The number of nitrogens with zero attached hydrogens (tertiary/aromatic N) is 1. The lowest BCUT2D eigenvalue weighted by molar-refractivity contribution is 0.103. The molecule has 1 N–H and O–H groups in total. The molecule has 0 aromatic rings. The molecule has 2 heterocycles. The van der Waals surface area contributed by atoms with Gasteiger partial charge in [0.25, 0.3) is 0 Å². The summed E-state index contributed by atoms with van der Waals surface area (Å²) >= 11 is 0. The highest BCUT2D eigenvalue weighted by molar-refractivity contribution is 4.95. The normalized spacial score (nSPS) is 49.6. The fourth-order valence-corrected chi connectivity index (χ4v) is 2.65. The lowest BCUT2D eigenvalue weighted by Gasteiger charge is -2.24. The second-order valence-electron chi connectivity index (χ2n) is 3.86. The average Bonchev–Trinajstić information content (AvgIpc) is 2.25. The predicted octanol–water partition coefficient (Wildman–Crippen LogP) is 0.851. The van der Waals surface area contributed by atoms with Crippen LogP contribution in [0.3, 0.4) is 0 Å². The predicted molar refractivity (Wildman–Crippen MR) is 44.4 cm³/mol. The molecule has 2 saturated heterocycles. The summed E-state index contributed by atoms with van der Waals surface area (Å²) in [6, 6.07) is 0.475. The van der Waals surface area contributed by atoms with Crippen LogP contribution in [0.4, 0.5) is 0 Å². The van der Waals surface area contributed by atoms with Crippen molar-refractivity contribution in [1.29, 1.82) is 0 Å². The zero-order chi connectivity index (χ0) is 7.84. The minimum absolute atomic E-state index is 0.0255. The Hall–Kier alpha value is -0.0800. The van der Waals surface area contributed by atoms with E-state index in [2.05, 4.69) is 11.8 Å². The molecule has 2 bridgehead atoms. The van der Waals surface area contributed by atoms with Crippen LogP contribution in [-0.2, 0) is 0 Å². The molecule has 0 aromatic carbocycles. The molecular formula is C9H17NO. The van der Waals surface area contributed by atoms with Crippen molar-refractivity contribution in [3.8, 4) is 0 Å². The number of fused-ring (bicyclic) bond motifs is 2. The molecule has 2 aliphatic rings. The van der Waals surface area contributed by atoms with E-state index in [0.29, 0.717) is 12.0 Å². The summed E-state index contributed by atoms with van der Waals surface area (Å²) in [7, 11) is 0. The third-order valence-corrected chi connectivity index (χ3v) is 3.25. The van der Waals surface area contributed by atoms with E-state index in [9.17, 15) is 5.11 Å². The first kappa shape index (κ1) is 7.56. The maximum Gasteiger partial charge on any atom is 0.0735 e. The van der Waals surface area contributed by atoms with Crippen LogP contribution < -0.4 is 0 Å². The summed E-state index contributed by atoms with van der Waals surface area (Å²) in [4.78, 5) is 2.46. The van der Waals surface area contributed by atoms with E-state index in [0.717, 1.165) is 13.0 Å². The van der Waals surface area contributed by atoms with Gasteiger partial charge in [0, 0.05) is 12.6 Å². The minimum Gasteiger partial charge on any atom is -0.391 e. The second-order valence-corrected chi connectivity index (χ2v) is 3.86. The van der Waals surface area contributed by atoms with Crippen LogP contribution >= 0.6 is 0 Å². The largest absolute Gasteiger partial charge is 0.391 e. The Morgan fingerprint density at radius 2 is 2.36 bits per heavy atom. The summed E-state index contributed by atoms with van der Waals surface area (Å²) in [5, 5.41) is 9.82. The third-order valence-electron chi connectivity index (χ3n) is 3.25. The average molecular weight is 155 g/mol. The SMILES string of the molecule is CCC1C(O)C2CCCN1C2. The quantitative estimate of drug-likeness (QED) is 0.607. The monoisotopic (exact) mass is 155 g/mol. The maximum atomic E-state index is 9.82. The van der Waals surface area contributed by atoms with Crippen molar-refractivity contribution in [3.05, 3.63) is 0 Å². The highest BCUT2D eigenvalue weighted by Gasteiger charge is 2.41. The van der Waals surface area contributed by atoms with Gasteiger partial charge in [0.1, 0.15) is 0 Å². The van der Waals surface area contributed by atoms with Gasteiger partial charge in [-0.25, -0.2) is 0 Å². The van der Waals surface area contributed by atoms with E-state index in [1.807, 2.05) is 0 Å². The van der Waals surface area contributed by atoms with Gasteiger partial charge in [-0.2, -0.15) is 0 Å². The Labute approximate surface area is 68.2 Å². The molecule has 0 amide bonds. The first-order chi connectivity index (χ1) is 5.33. The molecule has 0 saturated carbocycles. The molecule has 0 aromatic heterocycles.